The van der Waals surface area contributed by atoms with Crippen molar-refractivity contribution < 1.29 is 9.59 Å². The summed E-state index contributed by atoms with van der Waals surface area (Å²) in [5.74, 6) is -0.310. The lowest BCUT2D eigenvalue weighted by atomic mass is 9.97. The summed E-state index contributed by atoms with van der Waals surface area (Å²) >= 11 is 0. The third kappa shape index (κ3) is 4.83. The van der Waals surface area contributed by atoms with Crippen molar-refractivity contribution in [3.05, 3.63) is 0 Å². The van der Waals surface area contributed by atoms with Crippen LogP contribution in [0.15, 0.2) is 0 Å². The van der Waals surface area contributed by atoms with Gasteiger partial charge in [-0.25, -0.2) is 0 Å². The number of hydrogen-bond acceptors (Lipinski definition) is 4. The molecule has 2 fully saturated rings. The molecule has 2 aliphatic heterocycles. The number of hydrogen-bond donors (Lipinski definition) is 2. The zero-order valence-corrected chi connectivity index (χ0v) is 13.5. The highest BCUT2D eigenvalue weighted by Gasteiger charge is 2.30. The number of carbonyl (C=O) groups is 2. The van der Waals surface area contributed by atoms with Crippen LogP contribution in [0, 0.1) is 5.92 Å². The average Bonchev–Trinajstić information content (AvgIpc) is 2.86. The standard InChI is InChI=1S/C14H26N4O2.ClH/c1-16-8-12-5-3-6-17(12)10-13(19)18-7-2-4-11(9-18)14(15)20;/h11-12,16H,2-10H2,1H3,(H2,15,20);1H. The van der Waals surface area contributed by atoms with Gasteiger partial charge in [-0.05, 0) is 39.3 Å². The van der Waals surface area contributed by atoms with Crippen molar-refractivity contribution in [3.63, 3.8) is 0 Å². The highest BCUT2D eigenvalue weighted by molar-refractivity contribution is 5.85. The Morgan fingerprint density at radius 2 is 1.95 bits per heavy atom. The quantitative estimate of drug-likeness (QED) is 0.737. The number of likely N-dealkylation sites (tertiary alicyclic amines) is 2. The number of carbonyl (C=O) groups excluding carboxylic acids is 2. The first kappa shape index (κ1) is 18.2. The van der Waals surface area contributed by atoms with Crippen molar-refractivity contribution in [2.75, 3.05) is 39.8 Å². The smallest absolute Gasteiger partial charge is 0.236 e. The van der Waals surface area contributed by atoms with Gasteiger partial charge in [-0.1, -0.05) is 0 Å². The highest BCUT2D eigenvalue weighted by Crippen LogP contribution is 2.19. The molecule has 0 saturated carbocycles. The lowest BCUT2D eigenvalue weighted by Crippen LogP contribution is -2.49. The molecule has 7 heteroatoms. The van der Waals surface area contributed by atoms with Gasteiger partial charge >= 0.3 is 0 Å². The van der Waals surface area contributed by atoms with E-state index in [2.05, 4.69) is 10.2 Å². The number of nitrogens with zero attached hydrogens (tertiary/aromatic N) is 2. The second-order valence-corrected chi connectivity index (χ2v) is 5.91. The maximum atomic E-state index is 12.4. The molecule has 2 atom stereocenters. The van der Waals surface area contributed by atoms with Gasteiger partial charge in [-0.3, -0.25) is 14.5 Å². The number of likely N-dealkylation sites (N-methyl/N-ethyl adjacent to an activating group) is 1. The van der Waals surface area contributed by atoms with E-state index in [1.165, 1.54) is 0 Å². The maximum Gasteiger partial charge on any atom is 0.236 e. The molecule has 6 nitrogen and oxygen atoms in total. The fraction of sp³-hybridized carbons (Fsp3) is 0.857. The molecule has 2 rings (SSSR count). The Morgan fingerprint density at radius 3 is 2.62 bits per heavy atom. The number of nitrogens with two attached hydrogens (primary N) is 1. The first-order valence-corrected chi connectivity index (χ1v) is 7.57. The van der Waals surface area contributed by atoms with E-state index >= 15 is 0 Å². The SMILES string of the molecule is CNCC1CCCN1CC(=O)N1CCCC(C(N)=O)C1.Cl. The van der Waals surface area contributed by atoms with Crippen LogP contribution in [0.3, 0.4) is 0 Å². The number of amides is 2. The number of primary amides is 1. The van der Waals surface area contributed by atoms with Gasteiger partial charge < -0.3 is 16.0 Å². The van der Waals surface area contributed by atoms with Crippen LogP contribution >= 0.6 is 12.4 Å². The molecule has 0 bridgehead atoms. The molecule has 3 N–H and O–H groups in total. The Hall–Kier alpha value is -0.850. The maximum absolute atomic E-state index is 12.4. The van der Waals surface area contributed by atoms with Crippen LogP contribution in [0.2, 0.25) is 0 Å². The van der Waals surface area contributed by atoms with E-state index < -0.39 is 0 Å². The minimum atomic E-state index is -0.281. The Kier molecular flexibility index (Phi) is 7.42. The zero-order valence-electron chi connectivity index (χ0n) is 12.7. The molecule has 2 amide bonds. The molecule has 0 aromatic heterocycles. The third-order valence-electron chi connectivity index (χ3n) is 4.45. The second kappa shape index (κ2) is 8.56. The summed E-state index contributed by atoms with van der Waals surface area (Å²) in [6.07, 6.45) is 3.99. The van der Waals surface area contributed by atoms with Crippen molar-refractivity contribution in [3.8, 4) is 0 Å². The van der Waals surface area contributed by atoms with Gasteiger partial charge in [-0.2, -0.15) is 0 Å². The molecule has 2 heterocycles. The highest BCUT2D eigenvalue weighted by atomic mass is 35.5. The first-order chi connectivity index (χ1) is 9.61. The molecule has 122 valence electrons. The largest absolute Gasteiger partial charge is 0.369 e. The fourth-order valence-corrected chi connectivity index (χ4v) is 3.28. The van der Waals surface area contributed by atoms with Gasteiger partial charge in [0, 0.05) is 25.7 Å². The Morgan fingerprint density at radius 1 is 1.24 bits per heavy atom. The Balaban J connectivity index is 0.00000220. The molecule has 0 aromatic rings. The topological polar surface area (TPSA) is 78.7 Å². The van der Waals surface area contributed by atoms with Crippen LogP contribution in [-0.2, 0) is 9.59 Å². The molecule has 2 unspecified atom stereocenters. The van der Waals surface area contributed by atoms with Crippen LogP contribution in [0.1, 0.15) is 25.7 Å². The van der Waals surface area contributed by atoms with Crippen molar-refractivity contribution in [2.45, 2.75) is 31.7 Å². The lowest BCUT2D eigenvalue weighted by molar-refractivity contribution is -0.136. The molecule has 0 spiro atoms. The van der Waals surface area contributed by atoms with Crippen LogP contribution in [0.4, 0.5) is 0 Å². The van der Waals surface area contributed by atoms with E-state index in [-0.39, 0.29) is 30.1 Å². The number of nitrogens with one attached hydrogen (secondary N) is 1. The van der Waals surface area contributed by atoms with Crippen molar-refractivity contribution in [1.82, 2.24) is 15.1 Å². The zero-order chi connectivity index (χ0) is 14.5. The normalized spacial score (nSPS) is 26.4. The summed E-state index contributed by atoms with van der Waals surface area (Å²) in [5, 5.41) is 3.19. The third-order valence-corrected chi connectivity index (χ3v) is 4.45. The van der Waals surface area contributed by atoms with Gasteiger partial charge in [0.1, 0.15) is 0 Å². The molecule has 0 radical (unpaired) electrons. The monoisotopic (exact) mass is 318 g/mol. The van der Waals surface area contributed by atoms with E-state index in [1.54, 1.807) is 0 Å². The van der Waals surface area contributed by atoms with Crippen LogP contribution in [-0.4, -0.2) is 67.4 Å². The van der Waals surface area contributed by atoms with Crippen LogP contribution in [0.25, 0.3) is 0 Å². The molecule has 2 aliphatic rings. The van der Waals surface area contributed by atoms with Gasteiger partial charge in [0.25, 0.3) is 0 Å². The van der Waals surface area contributed by atoms with E-state index in [9.17, 15) is 9.59 Å². The van der Waals surface area contributed by atoms with Crippen molar-refractivity contribution >= 4 is 24.2 Å². The lowest BCUT2D eigenvalue weighted by Gasteiger charge is -2.33. The first-order valence-electron chi connectivity index (χ1n) is 7.57. The van der Waals surface area contributed by atoms with Gasteiger partial charge in [0.15, 0.2) is 0 Å². The minimum Gasteiger partial charge on any atom is -0.369 e. The van der Waals surface area contributed by atoms with Crippen molar-refractivity contribution in [1.29, 1.82) is 0 Å². The summed E-state index contributed by atoms with van der Waals surface area (Å²) in [4.78, 5) is 27.7. The van der Waals surface area contributed by atoms with E-state index in [0.717, 1.165) is 45.3 Å². The summed E-state index contributed by atoms with van der Waals surface area (Å²) in [6.45, 7) is 3.64. The van der Waals surface area contributed by atoms with Crippen LogP contribution < -0.4 is 11.1 Å². The molecule has 21 heavy (non-hydrogen) atoms. The summed E-state index contributed by atoms with van der Waals surface area (Å²) in [5.41, 5.74) is 5.36. The van der Waals surface area contributed by atoms with Crippen molar-refractivity contribution in [2.24, 2.45) is 11.7 Å². The predicted molar refractivity (Wildman–Crippen MR) is 84.3 cm³/mol. The molecule has 0 aromatic carbocycles. The fourth-order valence-electron chi connectivity index (χ4n) is 3.28. The average molecular weight is 319 g/mol. The molecular weight excluding hydrogens is 292 g/mol. The van der Waals surface area contributed by atoms with E-state index in [4.69, 9.17) is 5.73 Å². The van der Waals surface area contributed by atoms with E-state index in [0.29, 0.717) is 19.1 Å². The summed E-state index contributed by atoms with van der Waals surface area (Å²) in [7, 11) is 1.94. The Labute approximate surface area is 132 Å². The summed E-state index contributed by atoms with van der Waals surface area (Å²) < 4.78 is 0. The number of piperidine rings is 1. The van der Waals surface area contributed by atoms with Gasteiger partial charge in [0.2, 0.25) is 11.8 Å². The van der Waals surface area contributed by atoms with E-state index in [1.807, 2.05) is 11.9 Å². The molecule has 0 aliphatic carbocycles. The number of rotatable bonds is 5. The number of halogens is 1. The Bertz CT molecular complexity index is 367. The van der Waals surface area contributed by atoms with Crippen LogP contribution in [0.5, 0.6) is 0 Å². The molecule has 2 saturated heterocycles. The summed E-state index contributed by atoms with van der Waals surface area (Å²) in [6, 6.07) is 0.459. The van der Waals surface area contributed by atoms with Gasteiger partial charge in [-0.15, -0.1) is 12.4 Å². The second-order valence-electron chi connectivity index (χ2n) is 5.91. The minimum absolute atomic E-state index is 0. The predicted octanol–water partition coefficient (Wildman–Crippen LogP) is -0.184. The van der Waals surface area contributed by atoms with Gasteiger partial charge in [0.05, 0.1) is 12.5 Å². The molecular formula is C14H27ClN4O2.